The summed E-state index contributed by atoms with van der Waals surface area (Å²) < 4.78 is 28.3. The van der Waals surface area contributed by atoms with Crippen molar-refractivity contribution in [1.29, 1.82) is 0 Å². The zero-order chi connectivity index (χ0) is 28.7. The largest absolute Gasteiger partial charge is 0.480 e. The van der Waals surface area contributed by atoms with E-state index in [9.17, 15) is 23.1 Å². The number of sulfonamides is 1. The van der Waals surface area contributed by atoms with Gasteiger partial charge < -0.3 is 20.6 Å². The van der Waals surface area contributed by atoms with Crippen LogP contribution in [0.3, 0.4) is 0 Å². The Bertz CT molecular complexity index is 1390. The van der Waals surface area contributed by atoms with E-state index in [2.05, 4.69) is 32.4 Å². The molecule has 0 bridgehead atoms. The molecule has 2 fully saturated rings. The Balaban J connectivity index is 1.07. The van der Waals surface area contributed by atoms with Crippen molar-refractivity contribution in [1.82, 2.24) is 19.9 Å². The summed E-state index contributed by atoms with van der Waals surface area (Å²) in [6.45, 7) is 8.74. The lowest BCUT2D eigenvalue weighted by molar-refractivity contribution is -0.145. The number of hydrogen-bond acceptors (Lipinski definition) is 7. The van der Waals surface area contributed by atoms with Gasteiger partial charge in [0.1, 0.15) is 11.9 Å². The fourth-order valence-electron chi connectivity index (χ4n) is 6.63. The van der Waals surface area contributed by atoms with Gasteiger partial charge in [0.15, 0.2) is 0 Å². The first-order valence-electron chi connectivity index (χ1n) is 14.0. The highest BCUT2D eigenvalue weighted by Gasteiger charge is 2.54. The molecular weight excluding hydrogens is 530 g/mol. The maximum Gasteiger partial charge on any atom is 0.323 e. The number of aromatic nitrogens is 1. The molecule has 2 aliphatic heterocycles. The van der Waals surface area contributed by atoms with Crippen molar-refractivity contribution in [2.24, 2.45) is 11.3 Å². The third kappa shape index (κ3) is 6.01. The van der Waals surface area contributed by atoms with Crippen LogP contribution in [0.4, 0.5) is 5.82 Å². The van der Waals surface area contributed by atoms with Crippen LogP contribution in [0, 0.1) is 32.1 Å². The van der Waals surface area contributed by atoms with Gasteiger partial charge in [-0.25, -0.2) is 13.4 Å². The summed E-state index contributed by atoms with van der Waals surface area (Å²) in [5, 5.41) is 15.7. The number of rotatable bonds is 10. The van der Waals surface area contributed by atoms with E-state index in [4.69, 9.17) is 4.98 Å². The molecule has 11 heteroatoms. The number of nitrogens with one attached hydrogen (secondary N) is 3. The van der Waals surface area contributed by atoms with E-state index >= 15 is 0 Å². The molecule has 1 aliphatic carbocycles. The van der Waals surface area contributed by atoms with Crippen LogP contribution in [-0.2, 0) is 32.5 Å². The predicted molar refractivity (Wildman–Crippen MR) is 152 cm³/mol. The van der Waals surface area contributed by atoms with Gasteiger partial charge in [-0.15, -0.1) is 0 Å². The van der Waals surface area contributed by atoms with Crippen molar-refractivity contribution in [2.75, 3.05) is 38.0 Å². The lowest BCUT2D eigenvalue weighted by Crippen LogP contribution is -2.64. The first-order valence-corrected chi connectivity index (χ1v) is 15.5. The van der Waals surface area contributed by atoms with Crippen molar-refractivity contribution in [3.8, 4) is 0 Å². The Labute approximate surface area is 236 Å². The summed E-state index contributed by atoms with van der Waals surface area (Å²) in [4.78, 5) is 31.8. The van der Waals surface area contributed by atoms with Crippen LogP contribution in [-0.4, -0.2) is 74.1 Å². The highest BCUT2D eigenvalue weighted by Crippen LogP contribution is 2.51. The lowest BCUT2D eigenvalue weighted by atomic mass is 9.57. The van der Waals surface area contributed by atoms with E-state index in [0.717, 1.165) is 75.4 Å². The Kier molecular flexibility index (Phi) is 7.91. The summed E-state index contributed by atoms with van der Waals surface area (Å²) in [5.41, 5.74) is 4.55. The number of carbonyl (C=O) groups excluding carboxylic acids is 1. The van der Waals surface area contributed by atoms with Crippen LogP contribution >= 0.6 is 0 Å². The maximum absolute atomic E-state index is 13.0. The molecule has 1 aromatic heterocycles. The number of carbonyl (C=O) groups is 2. The molecule has 3 aliphatic rings. The van der Waals surface area contributed by atoms with E-state index in [-0.39, 0.29) is 28.7 Å². The molecule has 10 nitrogen and oxygen atoms in total. The highest BCUT2D eigenvalue weighted by molar-refractivity contribution is 7.89. The molecule has 3 heterocycles. The minimum Gasteiger partial charge on any atom is -0.480 e. The number of benzene rings is 1. The third-order valence-corrected chi connectivity index (χ3v) is 10.2. The number of aryl methyl sites for hydroxylation is 4. The van der Waals surface area contributed by atoms with Gasteiger partial charge in [0.05, 0.1) is 4.90 Å². The Morgan fingerprint density at radius 2 is 1.88 bits per heavy atom. The molecule has 40 heavy (non-hydrogen) atoms. The van der Waals surface area contributed by atoms with Gasteiger partial charge >= 0.3 is 5.97 Å². The molecule has 2 aromatic rings. The SMILES string of the molecule is Cc1cc(C)c(S(=O)(=O)N[C@@H](CNC(=O)C2CC3(C2)CN(CCc2ccc4c(n2)NCCC4)C3)C(=O)O)c(C)c1. The number of pyridine rings is 1. The van der Waals surface area contributed by atoms with Gasteiger partial charge in [0.25, 0.3) is 0 Å². The summed E-state index contributed by atoms with van der Waals surface area (Å²) >= 11 is 0. The van der Waals surface area contributed by atoms with Crippen molar-refractivity contribution in [2.45, 2.75) is 63.8 Å². The van der Waals surface area contributed by atoms with Crippen molar-refractivity contribution >= 4 is 27.7 Å². The van der Waals surface area contributed by atoms with Gasteiger partial charge in [-0.05, 0) is 74.6 Å². The van der Waals surface area contributed by atoms with Crippen LogP contribution in [0.5, 0.6) is 0 Å². The zero-order valence-corrected chi connectivity index (χ0v) is 24.2. The molecule has 1 amide bonds. The predicted octanol–water partition coefficient (Wildman–Crippen LogP) is 2.17. The molecular formula is C29H39N5O5S. The lowest BCUT2D eigenvalue weighted by Gasteiger charge is -2.58. The van der Waals surface area contributed by atoms with Crippen molar-refractivity contribution in [3.05, 3.63) is 52.2 Å². The van der Waals surface area contributed by atoms with Crippen LogP contribution in [0.2, 0.25) is 0 Å². The van der Waals surface area contributed by atoms with Gasteiger partial charge in [0, 0.05) is 50.8 Å². The minimum absolute atomic E-state index is 0.0743. The molecule has 1 spiro atoms. The number of amides is 1. The van der Waals surface area contributed by atoms with Crippen LogP contribution in [0.1, 0.15) is 47.2 Å². The minimum atomic E-state index is -4.09. The first-order chi connectivity index (χ1) is 18.9. The van der Waals surface area contributed by atoms with E-state index in [1.54, 1.807) is 26.0 Å². The average molecular weight is 570 g/mol. The topological polar surface area (TPSA) is 141 Å². The zero-order valence-electron chi connectivity index (χ0n) is 23.4. The number of fused-ring (bicyclic) bond motifs is 1. The van der Waals surface area contributed by atoms with E-state index in [1.165, 1.54) is 5.56 Å². The molecule has 5 rings (SSSR count). The fourth-order valence-corrected chi connectivity index (χ4v) is 8.28. The van der Waals surface area contributed by atoms with Crippen LogP contribution in [0.25, 0.3) is 0 Å². The molecule has 1 saturated carbocycles. The van der Waals surface area contributed by atoms with Gasteiger partial charge in [0.2, 0.25) is 15.9 Å². The van der Waals surface area contributed by atoms with Gasteiger partial charge in [-0.2, -0.15) is 4.72 Å². The summed E-state index contributed by atoms with van der Waals surface area (Å²) in [6.07, 6.45) is 4.65. The number of hydrogen-bond donors (Lipinski definition) is 4. The Hall–Kier alpha value is -3.02. The third-order valence-electron chi connectivity index (χ3n) is 8.43. The Morgan fingerprint density at radius 1 is 1.18 bits per heavy atom. The standard InChI is InChI=1S/C29H39N5O5S/c1-18-11-19(2)25(20(3)12-18)40(38,39)33-24(28(36)37)15-31-27(35)22-13-29(14-22)16-34(17-29)10-8-23-7-6-21-5-4-9-30-26(21)32-23/h6-7,11-12,22,24,33H,4-5,8-10,13-17H2,1-3H3,(H,30,32)(H,31,35)(H,36,37)/t24-/m0/s1. The summed E-state index contributed by atoms with van der Waals surface area (Å²) in [5.74, 6) is -0.712. The van der Waals surface area contributed by atoms with E-state index in [0.29, 0.717) is 11.1 Å². The number of likely N-dealkylation sites (tertiary alicyclic amines) is 1. The second kappa shape index (κ2) is 11.1. The number of carboxylic acids is 1. The van der Waals surface area contributed by atoms with Crippen molar-refractivity contribution < 1.29 is 23.1 Å². The molecule has 1 atom stereocenters. The monoisotopic (exact) mass is 569 g/mol. The molecule has 216 valence electrons. The molecule has 0 unspecified atom stereocenters. The molecule has 1 saturated heterocycles. The van der Waals surface area contributed by atoms with Crippen LogP contribution in [0.15, 0.2) is 29.2 Å². The van der Waals surface area contributed by atoms with Crippen molar-refractivity contribution in [3.63, 3.8) is 0 Å². The van der Waals surface area contributed by atoms with Crippen LogP contribution < -0.4 is 15.4 Å². The second-order valence-electron chi connectivity index (χ2n) is 11.9. The molecule has 1 aromatic carbocycles. The average Bonchev–Trinajstić information content (AvgIpc) is 2.83. The van der Waals surface area contributed by atoms with E-state index in [1.807, 2.05) is 6.92 Å². The fraction of sp³-hybridized carbons (Fsp3) is 0.552. The number of carboxylic acid groups (broad SMARTS) is 1. The molecule has 0 radical (unpaired) electrons. The maximum atomic E-state index is 13.0. The summed E-state index contributed by atoms with van der Waals surface area (Å²) in [6, 6.07) is 6.33. The number of anilines is 1. The first kappa shape index (κ1) is 28.5. The Morgan fingerprint density at radius 3 is 2.55 bits per heavy atom. The smallest absolute Gasteiger partial charge is 0.323 e. The number of aliphatic carboxylic acids is 1. The normalized spacial score (nSPS) is 19.2. The second-order valence-corrected chi connectivity index (χ2v) is 13.5. The quantitative estimate of drug-likeness (QED) is 0.341. The summed E-state index contributed by atoms with van der Waals surface area (Å²) in [7, 11) is -4.09. The van der Waals surface area contributed by atoms with Gasteiger partial charge in [-0.3, -0.25) is 9.59 Å². The van der Waals surface area contributed by atoms with E-state index < -0.39 is 22.0 Å². The highest BCUT2D eigenvalue weighted by atomic mass is 32.2. The van der Waals surface area contributed by atoms with Gasteiger partial charge in [-0.1, -0.05) is 23.8 Å². The molecule has 4 N–H and O–H groups in total. The number of nitrogens with zero attached hydrogens (tertiary/aromatic N) is 2.